The van der Waals surface area contributed by atoms with Crippen LogP contribution in [0.2, 0.25) is 0 Å². The van der Waals surface area contributed by atoms with Crippen molar-refractivity contribution in [2.45, 2.75) is 44.9 Å². The highest BCUT2D eigenvalue weighted by molar-refractivity contribution is 6.20. The first-order chi connectivity index (χ1) is 14.8. The third-order valence-electron chi connectivity index (χ3n) is 5.97. The number of nitrogens with zero attached hydrogens (tertiary/aromatic N) is 3. The van der Waals surface area contributed by atoms with Crippen LogP contribution in [0.25, 0.3) is 0 Å². The number of hydrazone groups is 1. The number of amidine groups is 1. The summed E-state index contributed by atoms with van der Waals surface area (Å²) in [7, 11) is 0. The molecule has 4 rings (SSSR count). The molecular formula is C24H29N5O. The zero-order valence-electron chi connectivity index (χ0n) is 17.3. The van der Waals surface area contributed by atoms with Crippen molar-refractivity contribution in [3.8, 4) is 0 Å². The molecule has 1 aliphatic carbocycles. The van der Waals surface area contributed by atoms with E-state index in [4.69, 9.17) is 10.8 Å². The van der Waals surface area contributed by atoms with Crippen LogP contribution in [-0.4, -0.2) is 24.0 Å². The highest BCUT2D eigenvalue weighted by Gasteiger charge is 2.25. The Hall–Kier alpha value is -3.15. The number of fused-ring (bicyclic) bond motifs is 1. The average molecular weight is 404 g/mol. The smallest absolute Gasteiger partial charge is 0.238 e. The van der Waals surface area contributed by atoms with Gasteiger partial charge in [0.05, 0.1) is 11.4 Å². The van der Waals surface area contributed by atoms with Crippen LogP contribution in [-0.2, 0) is 4.79 Å². The molecule has 1 heterocycles. The maximum absolute atomic E-state index is 12.8. The van der Waals surface area contributed by atoms with Crippen LogP contribution in [0.5, 0.6) is 0 Å². The number of hydrogen-bond donors (Lipinski definition) is 2. The SMILES string of the molecule is NN=C1CN=C(c2ccccc2)c2ccccc2N1NC(=O)CCC1CCCCC1. The minimum atomic E-state index is -0.0142. The fraction of sp³-hybridized carbons (Fsp3) is 0.375. The van der Waals surface area contributed by atoms with Gasteiger partial charge in [0.15, 0.2) is 5.84 Å². The van der Waals surface area contributed by atoms with Crippen molar-refractivity contribution >= 4 is 23.1 Å². The van der Waals surface area contributed by atoms with E-state index in [-0.39, 0.29) is 12.5 Å². The number of amides is 1. The normalized spacial score (nSPS) is 18.5. The third kappa shape index (κ3) is 4.53. The summed E-state index contributed by atoms with van der Waals surface area (Å²) in [6, 6.07) is 17.9. The van der Waals surface area contributed by atoms with E-state index in [1.54, 1.807) is 5.01 Å². The fourth-order valence-electron chi connectivity index (χ4n) is 4.37. The first-order valence-corrected chi connectivity index (χ1v) is 10.8. The zero-order chi connectivity index (χ0) is 20.8. The van der Waals surface area contributed by atoms with Crippen LogP contribution in [0, 0.1) is 5.92 Å². The highest BCUT2D eigenvalue weighted by atomic mass is 16.2. The average Bonchev–Trinajstić information content (AvgIpc) is 2.96. The van der Waals surface area contributed by atoms with Crippen molar-refractivity contribution in [2.24, 2.45) is 21.9 Å². The van der Waals surface area contributed by atoms with Crippen molar-refractivity contribution in [2.75, 3.05) is 11.6 Å². The quantitative estimate of drug-likeness (QED) is 0.584. The summed E-state index contributed by atoms with van der Waals surface area (Å²) >= 11 is 0. The van der Waals surface area contributed by atoms with Gasteiger partial charge in [0, 0.05) is 17.5 Å². The molecule has 0 unspecified atom stereocenters. The van der Waals surface area contributed by atoms with E-state index < -0.39 is 0 Å². The Morgan fingerprint density at radius 1 is 1.07 bits per heavy atom. The first kappa shape index (κ1) is 20.1. The summed E-state index contributed by atoms with van der Waals surface area (Å²) in [5, 5.41) is 5.65. The molecule has 2 aliphatic rings. The molecule has 0 radical (unpaired) electrons. The lowest BCUT2D eigenvalue weighted by Gasteiger charge is -2.26. The van der Waals surface area contributed by atoms with Crippen LogP contribution in [0.15, 0.2) is 64.7 Å². The Labute approximate surface area is 177 Å². The summed E-state index contributed by atoms with van der Waals surface area (Å²) in [6.07, 6.45) is 7.82. The second-order valence-corrected chi connectivity index (χ2v) is 8.01. The van der Waals surface area contributed by atoms with Crippen LogP contribution < -0.4 is 16.3 Å². The Kier molecular flexibility index (Phi) is 6.42. The molecule has 1 amide bonds. The molecule has 0 spiro atoms. The van der Waals surface area contributed by atoms with Crippen molar-refractivity contribution in [1.29, 1.82) is 0 Å². The monoisotopic (exact) mass is 403 g/mol. The highest BCUT2D eigenvalue weighted by Crippen LogP contribution is 2.28. The molecule has 1 fully saturated rings. The van der Waals surface area contributed by atoms with Crippen LogP contribution in [0.4, 0.5) is 5.69 Å². The van der Waals surface area contributed by atoms with Gasteiger partial charge in [-0.25, -0.2) is 5.01 Å². The molecule has 6 nitrogen and oxygen atoms in total. The van der Waals surface area contributed by atoms with Crippen LogP contribution >= 0.6 is 0 Å². The standard InChI is InChI=1S/C24H29N5O/c25-27-22-17-26-24(19-11-5-2-6-12-19)20-13-7-8-14-21(20)29(22)28-23(30)16-15-18-9-3-1-4-10-18/h2,5-8,11-14,18H,1,3-4,9-10,15-17,25H2,(H,28,30). The number of aliphatic imine (C=N–C) groups is 1. The lowest BCUT2D eigenvalue weighted by Crippen LogP contribution is -2.48. The van der Waals surface area contributed by atoms with E-state index in [0.717, 1.165) is 28.9 Å². The molecule has 0 bridgehead atoms. The van der Waals surface area contributed by atoms with E-state index in [2.05, 4.69) is 10.5 Å². The molecule has 1 saturated carbocycles. The van der Waals surface area contributed by atoms with E-state index in [1.165, 1.54) is 32.1 Å². The first-order valence-electron chi connectivity index (χ1n) is 10.8. The Morgan fingerprint density at radius 3 is 2.57 bits per heavy atom. The summed E-state index contributed by atoms with van der Waals surface area (Å²) in [5.41, 5.74) is 6.69. The Morgan fingerprint density at radius 2 is 1.80 bits per heavy atom. The summed E-state index contributed by atoms with van der Waals surface area (Å²) in [5.74, 6) is 6.86. The maximum atomic E-state index is 12.8. The zero-order valence-corrected chi connectivity index (χ0v) is 17.3. The molecular weight excluding hydrogens is 374 g/mol. The number of rotatable bonds is 5. The molecule has 156 valence electrons. The molecule has 0 saturated heterocycles. The third-order valence-corrected chi connectivity index (χ3v) is 5.97. The maximum Gasteiger partial charge on any atom is 0.238 e. The number of carbonyl (C=O) groups is 1. The van der Waals surface area contributed by atoms with Crippen LogP contribution in [0.3, 0.4) is 0 Å². The number of hydrazine groups is 1. The van der Waals surface area contributed by atoms with Gasteiger partial charge >= 0.3 is 0 Å². The van der Waals surface area contributed by atoms with E-state index in [0.29, 0.717) is 18.2 Å². The number of benzodiazepines with no additional fused rings is 1. The van der Waals surface area contributed by atoms with Gasteiger partial charge in [-0.3, -0.25) is 15.2 Å². The molecule has 6 heteroatoms. The number of anilines is 1. The van der Waals surface area contributed by atoms with Gasteiger partial charge in [-0.2, -0.15) is 5.10 Å². The minimum absolute atomic E-state index is 0.0142. The number of para-hydroxylation sites is 1. The molecule has 0 atom stereocenters. The van der Waals surface area contributed by atoms with Gasteiger partial charge in [0.2, 0.25) is 5.91 Å². The molecule has 2 aromatic carbocycles. The topological polar surface area (TPSA) is 83.1 Å². The number of nitrogens with one attached hydrogen (secondary N) is 1. The predicted molar refractivity (Wildman–Crippen MR) is 121 cm³/mol. The molecule has 3 N–H and O–H groups in total. The van der Waals surface area contributed by atoms with Crippen molar-refractivity contribution in [3.05, 3.63) is 65.7 Å². The number of nitrogens with two attached hydrogens (primary N) is 1. The molecule has 2 aromatic rings. The van der Waals surface area contributed by atoms with E-state index in [1.807, 2.05) is 54.6 Å². The van der Waals surface area contributed by atoms with Crippen molar-refractivity contribution in [3.63, 3.8) is 0 Å². The van der Waals surface area contributed by atoms with Crippen LogP contribution in [0.1, 0.15) is 56.1 Å². The molecule has 1 aliphatic heterocycles. The summed E-state index contributed by atoms with van der Waals surface area (Å²) in [4.78, 5) is 17.6. The van der Waals surface area contributed by atoms with Gasteiger partial charge < -0.3 is 5.84 Å². The second kappa shape index (κ2) is 9.57. The van der Waals surface area contributed by atoms with Gasteiger partial charge in [0.1, 0.15) is 6.54 Å². The van der Waals surface area contributed by atoms with Crippen molar-refractivity contribution < 1.29 is 4.79 Å². The van der Waals surface area contributed by atoms with E-state index >= 15 is 0 Å². The summed E-state index contributed by atoms with van der Waals surface area (Å²) in [6.45, 7) is 0.290. The fourth-order valence-corrected chi connectivity index (χ4v) is 4.37. The Bertz CT molecular complexity index is 932. The largest absolute Gasteiger partial charge is 0.321 e. The van der Waals surface area contributed by atoms with Gasteiger partial charge in [-0.1, -0.05) is 80.6 Å². The van der Waals surface area contributed by atoms with Gasteiger partial charge in [0.25, 0.3) is 0 Å². The lowest BCUT2D eigenvalue weighted by atomic mass is 9.86. The van der Waals surface area contributed by atoms with Crippen molar-refractivity contribution in [1.82, 2.24) is 5.43 Å². The Balaban J connectivity index is 1.56. The lowest BCUT2D eigenvalue weighted by molar-refractivity contribution is -0.121. The van der Waals surface area contributed by atoms with E-state index in [9.17, 15) is 4.79 Å². The number of benzene rings is 2. The second-order valence-electron chi connectivity index (χ2n) is 8.01. The van der Waals surface area contributed by atoms with Gasteiger partial charge in [-0.05, 0) is 18.4 Å². The molecule has 30 heavy (non-hydrogen) atoms. The number of carbonyl (C=O) groups excluding carboxylic acids is 1. The predicted octanol–water partition coefficient (Wildman–Crippen LogP) is 4.01. The minimum Gasteiger partial charge on any atom is -0.321 e. The molecule has 0 aromatic heterocycles. The van der Waals surface area contributed by atoms with Gasteiger partial charge in [-0.15, -0.1) is 0 Å². The number of hydrogen-bond acceptors (Lipinski definition) is 4. The summed E-state index contributed by atoms with van der Waals surface area (Å²) < 4.78 is 0.